The number of carbonyl (C=O) groups excluding carboxylic acids is 1. The van der Waals surface area contributed by atoms with Gasteiger partial charge in [0.2, 0.25) is 5.91 Å². The first-order valence-corrected chi connectivity index (χ1v) is 8.20. The second-order valence-electron chi connectivity index (χ2n) is 5.47. The second kappa shape index (κ2) is 7.84. The topological polar surface area (TPSA) is 73.2 Å². The fourth-order valence-corrected chi connectivity index (χ4v) is 2.64. The summed E-state index contributed by atoms with van der Waals surface area (Å²) in [5.41, 5.74) is 1.34. The minimum Gasteiger partial charge on any atom is -0.496 e. The van der Waals surface area contributed by atoms with Crippen LogP contribution in [0.4, 0.5) is 5.69 Å². The van der Waals surface area contributed by atoms with Crippen LogP contribution in [0.15, 0.2) is 65.7 Å². The molecule has 0 aliphatic rings. The molecule has 0 saturated carbocycles. The number of nitrogens with one attached hydrogen (secondary N) is 1. The Morgan fingerprint density at radius 2 is 1.92 bits per heavy atom. The lowest BCUT2D eigenvalue weighted by molar-refractivity contribution is -0.116. The normalized spacial score (nSPS) is 10.4. The van der Waals surface area contributed by atoms with Gasteiger partial charge >= 0.3 is 0 Å². The Hall–Kier alpha value is -3.12. The van der Waals surface area contributed by atoms with Gasteiger partial charge in [0, 0.05) is 11.6 Å². The van der Waals surface area contributed by atoms with Crippen LogP contribution in [-0.4, -0.2) is 22.6 Å². The summed E-state index contributed by atoms with van der Waals surface area (Å²) in [4.78, 5) is 28.8. The molecule has 3 aromatic rings. The van der Waals surface area contributed by atoms with Crippen molar-refractivity contribution in [1.29, 1.82) is 0 Å². The van der Waals surface area contributed by atoms with Crippen molar-refractivity contribution < 1.29 is 9.53 Å². The Morgan fingerprint density at radius 1 is 1.19 bits per heavy atom. The number of hydrogen-bond acceptors (Lipinski definition) is 4. The molecule has 0 spiro atoms. The van der Waals surface area contributed by atoms with Gasteiger partial charge in [0.15, 0.2) is 0 Å². The van der Waals surface area contributed by atoms with Gasteiger partial charge in [-0.2, -0.15) is 0 Å². The van der Waals surface area contributed by atoms with E-state index in [-0.39, 0.29) is 18.0 Å². The lowest BCUT2D eigenvalue weighted by atomic mass is 10.1. The molecule has 0 aliphatic carbocycles. The number of aromatic nitrogens is 2. The molecule has 1 amide bonds. The Labute approximate surface area is 155 Å². The zero-order chi connectivity index (χ0) is 18.5. The van der Waals surface area contributed by atoms with Crippen molar-refractivity contribution in [3.8, 4) is 17.0 Å². The Kier molecular flexibility index (Phi) is 5.34. The highest BCUT2D eigenvalue weighted by Crippen LogP contribution is 2.26. The van der Waals surface area contributed by atoms with Crippen LogP contribution in [0, 0.1) is 0 Å². The van der Waals surface area contributed by atoms with Gasteiger partial charge in [-0.3, -0.25) is 14.2 Å². The van der Waals surface area contributed by atoms with Gasteiger partial charge in [0.25, 0.3) is 5.56 Å². The smallest absolute Gasteiger partial charge is 0.254 e. The average Bonchev–Trinajstić information content (AvgIpc) is 2.65. The number of carbonyl (C=O) groups is 1. The van der Waals surface area contributed by atoms with Crippen molar-refractivity contribution in [2.75, 3.05) is 12.4 Å². The second-order valence-corrected chi connectivity index (χ2v) is 5.88. The van der Waals surface area contributed by atoms with Crippen LogP contribution in [-0.2, 0) is 11.3 Å². The predicted molar refractivity (Wildman–Crippen MR) is 101 cm³/mol. The minimum atomic E-state index is -0.368. The number of halogens is 1. The lowest BCUT2D eigenvalue weighted by Gasteiger charge is -2.10. The Morgan fingerprint density at radius 3 is 2.65 bits per heavy atom. The van der Waals surface area contributed by atoms with Crippen LogP contribution in [0.1, 0.15) is 0 Å². The van der Waals surface area contributed by atoms with E-state index >= 15 is 0 Å². The summed E-state index contributed by atoms with van der Waals surface area (Å²) < 4.78 is 6.51. The highest BCUT2D eigenvalue weighted by atomic mass is 35.5. The molecule has 132 valence electrons. The van der Waals surface area contributed by atoms with Gasteiger partial charge in [-0.05, 0) is 24.3 Å². The number of rotatable bonds is 5. The molecular weight excluding hydrogens is 354 g/mol. The summed E-state index contributed by atoms with van der Waals surface area (Å²) in [5.74, 6) is 0.251. The molecule has 0 aliphatic heterocycles. The molecule has 1 heterocycles. The fraction of sp³-hybridized carbons (Fsp3) is 0.105. The number of methoxy groups -OCH3 is 1. The Balaban J connectivity index is 1.79. The van der Waals surface area contributed by atoms with Crippen molar-refractivity contribution in [2.24, 2.45) is 0 Å². The maximum Gasteiger partial charge on any atom is 0.254 e. The van der Waals surface area contributed by atoms with E-state index in [9.17, 15) is 9.59 Å². The molecule has 1 aromatic heterocycles. The third kappa shape index (κ3) is 3.92. The molecule has 26 heavy (non-hydrogen) atoms. The van der Waals surface area contributed by atoms with E-state index in [4.69, 9.17) is 16.3 Å². The monoisotopic (exact) mass is 369 g/mol. The van der Waals surface area contributed by atoms with Crippen LogP contribution in [0.5, 0.6) is 5.75 Å². The first kappa shape index (κ1) is 17.7. The molecule has 0 radical (unpaired) electrons. The number of benzene rings is 2. The fourth-order valence-electron chi connectivity index (χ4n) is 2.46. The van der Waals surface area contributed by atoms with Crippen LogP contribution in [0.3, 0.4) is 0 Å². The minimum absolute atomic E-state index is 0.163. The van der Waals surface area contributed by atoms with E-state index in [0.29, 0.717) is 27.7 Å². The number of nitrogens with zero attached hydrogens (tertiary/aromatic N) is 2. The van der Waals surface area contributed by atoms with E-state index in [2.05, 4.69) is 10.3 Å². The van der Waals surface area contributed by atoms with Gasteiger partial charge < -0.3 is 10.1 Å². The molecule has 2 aromatic carbocycles. The van der Waals surface area contributed by atoms with E-state index in [1.54, 1.807) is 37.4 Å². The molecule has 0 atom stereocenters. The molecule has 0 fully saturated rings. The van der Waals surface area contributed by atoms with Gasteiger partial charge in [-0.25, -0.2) is 4.98 Å². The molecule has 0 bridgehead atoms. The molecular formula is C19H16ClN3O3. The zero-order valence-electron chi connectivity index (χ0n) is 14.0. The van der Waals surface area contributed by atoms with Crippen molar-refractivity contribution in [2.45, 2.75) is 6.54 Å². The van der Waals surface area contributed by atoms with Crippen molar-refractivity contribution in [1.82, 2.24) is 9.55 Å². The van der Waals surface area contributed by atoms with Crippen LogP contribution >= 0.6 is 11.6 Å². The maximum absolute atomic E-state index is 12.3. The Bertz CT molecular complexity index is 1000. The standard InChI is InChI=1S/C19H16ClN3O3/c1-26-17-9-5-2-6-13(17)16-10-19(25)23(12-21-16)11-18(24)22-15-8-4-3-7-14(15)20/h2-10,12H,11H2,1H3,(H,22,24). The van der Waals surface area contributed by atoms with Crippen molar-refractivity contribution in [3.63, 3.8) is 0 Å². The molecule has 6 nitrogen and oxygen atoms in total. The van der Waals surface area contributed by atoms with Gasteiger partial charge in [-0.15, -0.1) is 0 Å². The average molecular weight is 370 g/mol. The zero-order valence-corrected chi connectivity index (χ0v) is 14.7. The van der Waals surface area contributed by atoms with Crippen molar-refractivity contribution in [3.05, 3.63) is 76.3 Å². The van der Waals surface area contributed by atoms with Crippen LogP contribution in [0.2, 0.25) is 5.02 Å². The van der Waals surface area contributed by atoms with Gasteiger partial charge in [-0.1, -0.05) is 35.9 Å². The van der Waals surface area contributed by atoms with Gasteiger partial charge in [0.05, 0.1) is 29.8 Å². The number of hydrogen-bond donors (Lipinski definition) is 1. The maximum atomic E-state index is 12.3. The summed E-state index contributed by atoms with van der Waals surface area (Å²) in [6.07, 6.45) is 1.34. The quantitative estimate of drug-likeness (QED) is 0.749. The van der Waals surface area contributed by atoms with Crippen molar-refractivity contribution >= 4 is 23.2 Å². The van der Waals surface area contributed by atoms with E-state index in [0.717, 1.165) is 0 Å². The summed E-state index contributed by atoms with van der Waals surface area (Å²) in [5, 5.41) is 3.10. The van der Waals surface area contributed by atoms with Crippen LogP contribution < -0.4 is 15.6 Å². The van der Waals surface area contributed by atoms with E-state index < -0.39 is 0 Å². The van der Waals surface area contributed by atoms with Crippen LogP contribution in [0.25, 0.3) is 11.3 Å². The van der Waals surface area contributed by atoms with E-state index in [1.165, 1.54) is 17.0 Å². The first-order valence-electron chi connectivity index (χ1n) is 7.83. The highest BCUT2D eigenvalue weighted by molar-refractivity contribution is 6.33. The largest absolute Gasteiger partial charge is 0.496 e. The summed E-state index contributed by atoms with van der Waals surface area (Å²) in [7, 11) is 1.55. The highest BCUT2D eigenvalue weighted by Gasteiger charge is 2.11. The molecule has 0 saturated heterocycles. The molecule has 3 rings (SSSR count). The van der Waals surface area contributed by atoms with E-state index in [1.807, 2.05) is 18.2 Å². The number of anilines is 1. The number of amides is 1. The molecule has 0 unspecified atom stereocenters. The third-order valence-corrected chi connectivity index (χ3v) is 4.05. The lowest BCUT2D eigenvalue weighted by Crippen LogP contribution is -2.27. The first-order chi connectivity index (χ1) is 12.6. The summed E-state index contributed by atoms with van der Waals surface area (Å²) >= 11 is 6.01. The summed E-state index contributed by atoms with van der Waals surface area (Å²) in [6, 6.07) is 15.5. The molecule has 7 heteroatoms. The predicted octanol–water partition coefficient (Wildman–Crippen LogP) is 3.21. The third-order valence-electron chi connectivity index (χ3n) is 3.72. The number of para-hydroxylation sites is 2. The molecule has 1 N–H and O–H groups in total. The van der Waals surface area contributed by atoms with Gasteiger partial charge in [0.1, 0.15) is 12.3 Å². The number of ether oxygens (including phenoxy) is 1. The summed E-state index contributed by atoms with van der Waals surface area (Å²) in [6.45, 7) is -0.163. The SMILES string of the molecule is COc1ccccc1-c1cc(=O)n(CC(=O)Nc2ccccc2Cl)cn1.